The van der Waals surface area contributed by atoms with Gasteiger partial charge in [-0.2, -0.15) is 0 Å². The highest BCUT2D eigenvalue weighted by molar-refractivity contribution is 5.81. The Balaban J connectivity index is 2.10. The standard InChI is InChI=1S/C11H22N2O2/c1-3-5-12-11(14)9(2)13-7-10-4-6-15-8-10/h9-10,13H,3-8H2,1-2H3,(H,12,14). The fourth-order valence-electron chi connectivity index (χ4n) is 1.58. The molecule has 15 heavy (non-hydrogen) atoms. The molecule has 4 nitrogen and oxygen atoms in total. The number of ether oxygens (including phenoxy) is 1. The van der Waals surface area contributed by atoms with Gasteiger partial charge in [0.1, 0.15) is 0 Å². The van der Waals surface area contributed by atoms with Crippen LogP contribution in [0.25, 0.3) is 0 Å². The molecule has 0 aromatic rings. The van der Waals surface area contributed by atoms with Crippen LogP contribution in [0.15, 0.2) is 0 Å². The predicted molar refractivity (Wildman–Crippen MR) is 59.7 cm³/mol. The zero-order valence-electron chi connectivity index (χ0n) is 9.71. The van der Waals surface area contributed by atoms with Gasteiger partial charge in [-0.15, -0.1) is 0 Å². The van der Waals surface area contributed by atoms with Gasteiger partial charge < -0.3 is 15.4 Å². The van der Waals surface area contributed by atoms with Crippen molar-refractivity contribution in [2.45, 2.75) is 32.7 Å². The van der Waals surface area contributed by atoms with Crippen molar-refractivity contribution < 1.29 is 9.53 Å². The van der Waals surface area contributed by atoms with Crippen LogP contribution in [-0.2, 0) is 9.53 Å². The molecule has 1 aliphatic heterocycles. The Bertz CT molecular complexity index is 191. The first-order valence-corrected chi connectivity index (χ1v) is 5.83. The van der Waals surface area contributed by atoms with Gasteiger partial charge in [0.05, 0.1) is 12.6 Å². The second-order valence-electron chi connectivity index (χ2n) is 4.15. The van der Waals surface area contributed by atoms with Crippen molar-refractivity contribution in [3.8, 4) is 0 Å². The third-order valence-corrected chi connectivity index (χ3v) is 2.68. The number of hydrogen-bond acceptors (Lipinski definition) is 3. The molecule has 2 unspecified atom stereocenters. The van der Waals surface area contributed by atoms with Crippen molar-refractivity contribution in [2.24, 2.45) is 5.92 Å². The molecule has 2 atom stereocenters. The maximum absolute atomic E-state index is 11.5. The van der Waals surface area contributed by atoms with Gasteiger partial charge in [-0.05, 0) is 25.7 Å². The summed E-state index contributed by atoms with van der Waals surface area (Å²) in [4.78, 5) is 11.5. The monoisotopic (exact) mass is 214 g/mol. The maximum Gasteiger partial charge on any atom is 0.236 e. The summed E-state index contributed by atoms with van der Waals surface area (Å²) in [5, 5.41) is 6.12. The minimum Gasteiger partial charge on any atom is -0.381 e. The van der Waals surface area contributed by atoms with Gasteiger partial charge in [-0.25, -0.2) is 0 Å². The molecule has 2 N–H and O–H groups in total. The maximum atomic E-state index is 11.5. The van der Waals surface area contributed by atoms with E-state index in [2.05, 4.69) is 10.6 Å². The summed E-state index contributed by atoms with van der Waals surface area (Å²) in [6.45, 7) is 7.28. The lowest BCUT2D eigenvalue weighted by molar-refractivity contribution is -0.122. The van der Waals surface area contributed by atoms with E-state index in [-0.39, 0.29) is 11.9 Å². The van der Waals surface area contributed by atoms with Gasteiger partial charge >= 0.3 is 0 Å². The van der Waals surface area contributed by atoms with Crippen LogP contribution in [0.1, 0.15) is 26.7 Å². The molecular formula is C11H22N2O2. The smallest absolute Gasteiger partial charge is 0.236 e. The Morgan fingerprint density at radius 1 is 1.60 bits per heavy atom. The Morgan fingerprint density at radius 3 is 3.00 bits per heavy atom. The van der Waals surface area contributed by atoms with Gasteiger partial charge in [0.2, 0.25) is 5.91 Å². The van der Waals surface area contributed by atoms with E-state index in [0.717, 1.165) is 39.1 Å². The fraction of sp³-hybridized carbons (Fsp3) is 0.909. The first-order valence-electron chi connectivity index (χ1n) is 5.83. The molecule has 4 heteroatoms. The highest BCUT2D eigenvalue weighted by Crippen LogP contribution is 2.10. The second kappa shape index (κ2) is 6.80. The average Bonchev–Trinajstić information content (AvgIpc) is 2.75. The van der Waals surface area contributed by atoms with E-state index in [9.17, 15) is 4.79 Å². The number of rotatable bonds is 6. The minimum atomic E-state index is -0.0999. The highest BCUT2D eigenvalue weighted by Gasteiger charge is 2.18. The molecular weight excluding hydrogens is 192 g/mol. The van der Waals surface area contributed by atoms with Crippen LogP contribution in [0, 0.1) is 5.92 Å². The summed E-state index contributed by atoms with van der Waals surface area (Å²) < 4.78 is 5.27. The van der Waals surface area contributed by atoms with Gasteiger partial charge in [-0.1, -0.05) is 6.92 Å². The molecule has 0 aromatic heterocycles. The van der Waals surface area contributed by atoms with Crippen molar-refractivity contribution >= 4 is 5.91 Å². The lowest BCUT2D eigenvalue weighted by Crippen LogP contribution is -2.44. The molecule has 0 saturated carbocycles. The zero-order chi connectivity index (χ0) is 11.1. The van der Waals surface area contributed by atoms with E-state index in [1.807, 2.05) is 13.8 Å². The van der Waals surface area contributed by atoms with E-state index < -0.39 is 0 Å². The molecule has 0 spiro atoms. The number of hydrogen-bond donors (Lipinski definition) is 2. The summed E-state index contributed by atoms with van der Waals surface area (Å²) in [7, 11) is 0. The van der Waals surface area contributed by atoms with Gasteiger partial charge in [0.25, 0.3) is 0 Å². The normalized spacial score (nSPS) is 22.7. The summed E-state index contributed by atoms with van der Waals surface area (Å²) in [6.07, 6.45) is 2.09. The largest absolute Gasteiger partial charge is 0.381 e. The van der Waals surface area contributed by atoms with Crippen LogP contribution in [0.2, 0.25) is 0 Å². The van der Waals surface area contributed by atoms with Crippen molar-refractivity contribution in [3.05, 3.63) is 0 Å². The lowest BCUT2D eigenvalue weighted by Gasteiger charge is -2.15. The first-order chi connectivity index (χ1) is 7.24. The highest BCUT2D eigenvalue weighted by atomic mass is 16.5. The van der Waals surface area contributed by atoms with Crippen LogP contribution in [0.5, 0.6) is 0 Å². The molecule has 0 aromatic carbocycles. The third-order valence-electron chi connectivity index (χ3n) is 2.68. The molecule has 88 valence electrons. The SMILES string of the molecule is CCCNC(=O)C(C)NCC1CCOC1. The lowest BCUT2D eigenvalue weighted by atomic mass is 10.1. The van der Waals surface area contributed by atoms with Crippen molar-refractivity contribution in [2.75, 3.05) is 26.3 Å². The molecule has 1 aliphatic rings. The van der Waals surface area contributed by atoms with E-state index in [0.29, 0.717) is 5.92 Å². The second-order valence-corrected chi connectivity index (χ2v) is 4.15. The predicted octanol–water partition coefficient (Wildman–Crippen LogP) is 0.527. The van der Waals surface area contributed by atoms with Crippen molar-refractivity contribution in [1.82, 2.24) is 10.6 Å². The van der Waals surface area contributed by atoms with Crippen molar-refractivity contribution in [3.63, 3.8) is 0 Å². The number of nitrogens with one attached hydrogen (secondary N) is 2. The van der Waals surface area contributed by atoms with E-state index in [1.54, 1.807) is 0 Å². The van der Waals surface area contributed by atoms with E-state index >= 15 is 0 Å². The Morgan fingerprint density at radius 2 is 2.40 bits per heavy atom. The van der Waals surface area contributed by atoms with Crippen molar-refractivity contribution in [1.29, 1.82) is 0 Å². The molecule has 1 fully saturated rings. The average molecular weight is 214 g/mol. The Hall–Kier alpha value is -0.610. The molecule has 1 amide bonds. The molecule has 1 heterocycles. The third kappa shape index (κ3) is 4.62. The summed E-state index contributed by atoms with van der Waals surface area (Å²) in [5.41, 5.74) is 0. The van der Waals surface area contributed by atoms with Gasteiger partial charge in [0, 0.05) is 19.7 Å². The topological polar surface area (TPSA) is 50.4 Å². The van der Waals surface area contributed by atoms with E-state index in [4.69, 9.17) is 4.74 Å². The van der Waals surface area contributed by atoms with Crippen LogP contribution in [0.3, 0.4) is 0 Å². The van der Waals surface area contributed by atoms with Gasteiger partial charge in [0.15, 0.2) is 0 Å². The summed E-state index contributed by atoms with van der Waals surface area (Å²) in [6, 6.07) is -0.0999. The first kappa shape index (κ1) is 12.5. The van der Waals surface area contributed by atoms with Gasteiger partial charge in [-0.3, -0.25) is 4.79 Å². The number of carbonyl (C=O) groups excluding carboxylic acids is 1. The van der Waals surface area contributed by atoms with Crippen LogP contribution < -0.4 is 10.6 Å². The molecule has 1 saturated heterocycles. The zero-order valence-corrected chi connectivity index (χ0v) is 9.71. The Kier molecular flexibility index (Phi) is 5.65. The summed E-state index contributed by atoms with van der Waals surface area (Å²) >= 11 is 0. The number of carbonyl (C=O) groups is 1. The number of amides is 1. The molecule has 0 radical (unpaired) electrons. The van der Waals surface area contributed by atoms with E-state index in [1.165, 1.54) is 0 Å². The molecule has 0 aliphatic carbocycles. The molecule has 1 rings (SSSR count). The quantitative estimate of drug-likeness (QED) is 0.678. The van der Waals surface area contributed by atoms with Crippen LogP contribution >= 0.6 is 0 Å². The Labute approximate surface area is 91.8 Å². The summed E-state index contributed by atoms with van der Waals surface area (Å²) in [5.74, 6) is 0.669. The van der Waals surface area contributed by atoms with Crippen LogP contribution in [-0.4, -0.2) is 38.3 Å². The van der Waals surface area contributed by atoms with Crippen LogP contribution in [0.4, 0.5) is 0 Å². The molecule has 0 bridgehead atoms. The fourth-order valence-corrected chi connectivity index (χ4v) is 1.58. The minimum absolute atomic E-state index is 0.0933.